The maximum Gasteiger partial charge on any atom is 0.238 e. The quantitative estimate of drug-likeness (QED) is 0.137. The van der Waals surface area contributed by atoms with Crippen molar-refractivity contribution < 1.29 is 17.7 Å². The number of nitrogens with zero attached hydrogens (tertiary/aromatic N) is 9. The van der Waals surface area contributed by atoms with Crippen molar-refractivity contribution in [1.82, 2.24) is 43.6 Å². The predicted molar refractivity (Wildman–Crippen MR) is 473 cm³/mol. The lowest BCUT2D eigenvalue weighted by Crippen LogP contribution is -2.08. The molecule has 0 aliphatic carbocycles. The number of para-hydroxylation sites is 7. The Morgan fingerprint density at radius 2 is 0.556 bits per heavy atom. The first-order valence-electron chi connectivity index (χ1n) is 39.2. The summed E-state index contributed by atoms with van der Waals surface area (Å²) in [6.07, 6.45) is 0. The van der Waals surface area contributed by atoms with Gasteiger partial charge in [-0.3, -0.25) is 4.57 Å². The van der Waals surface area contributed by atoms with E-state index in [2.05, 4.69) is 305 Å². The Morgan fingerprint density at radius 1 is 0.179 bits per heavy atom. The Labute approximate surface area is 663 Å². The van der Waals surface area contributed by atoms with Crippen LogP contribution in [0.1, 0.15) is 0 Å². The Morgan fingerprint density at radius 3 is 1.12 bits per heavy atom. The van der Waals surface area contributed by atoms with Gasteiger partial charge in [0.2, 0.25) is 5.95 Å². The van der Waals surface area contributed by atoms with E-state index >= 15 is 0 Å². The number of benzene rings is 17. The van der Waals surface area contributed by atoms with Crippen LogP contribution in [0, 0.1) is 0 Å². The molecule has 0 saturated carbocycles. The molecule has 0 aliphatic heterocycles. The molecule has 17 aromatic carbocycles. The fourth-order valence-electron chi connectivity index (χ4n) is 18.5. The average molecular weight is 1500 g/mol. The van der Waals surface area contributed by atoms with Crippen molar-refractivity contribution in [3.63, 3.8) is 0 Å². The summed E-state index contributed by atoms with van der Waals surface area (Å²) < 4.78 is 34.6. The first-order valence-corrected chi connectivity index (χ1v) is 39.2. The van der Waals surface area contributed by atoms with Crippen LogP contribution in [0.15, 0.2) is 363 Å². The van der Waals surface area contributed by atoms with Gasteiger partial charge in [-0.05, 0) is 148 Å². The number of rotatable bonds is 9. The van der Waals surface area contributed by atoms with E-state index in [4.69, 9.17) is 47.6 Å². The Hall–Kier alpha value is -16.1. The lowest BCUT2D eigenvalue weighted by molar-refractivity contribution is 0.668. The molecular weight excluding hydrogens is 1440 g/mol. The molecule has 13 nitrogen and oxygen atoms in total. The highest BCUT2D eigenvalue weighted by Crippen LogP contribution is 2.48. The van der Waals surface area contributed by atoms with Crippen molar-refractivity contribution in [2.45, 2.75) is 0 Å². The van der Waals surface area contributed by atoms with E-state index in [1.54, 1.807) is 0 Å². The molecule has 0 spiro atoms. The highest BCUT2D eigenvalue weighted by atomic mass is 16.3. The van der Waals surface area contributed by atoms with Gasteiger partial charge in [0.1, 0.15) is 44.7 Å². The molecule has 0 aliphatic rings. The number of hydrogen-bond donors (Lipinski definition) is 0. The zero-order chi connectivity index (χ0) is 76.2. The van der Waals surface area contributed by atoms with Gasteiger partial charge in [0.05, 0.1) is 44.5 Å². The van der Waals surface area contributed by atoms with Gasteiger partial charge in [0.15, 0.2) is 29.1 Å². The monoisotopic (exact) mass is 1500 g/mol. The number of aromatic nitrogens is 9. The minimum Gasteiger partial charge on any atom is -0.456 e. The molecule has 542 valence electrons. The van der Waals surface area contributed by atoms with Crippen molar-refractivity contribution in [2.75, 3.05) is 0 Å². The van der Waals surface area contributed by atoms with Crippen molar-refractivity contribution in [3.05, 3.63) is 346 Å². The third kappa shape index (κ3) is 9.53. The minimum atomic E-state index is 0.455. The summed E-state index contributed by atoms with van der Waals surface area (Å²) in [4.78, 5) is 33.0. The van der Waals surface area contributed by atoms with E-state index in [1.807, 2.05) is 54.6 Å². The third-order valence-electron chi connectivity index (χ3n) is 23.9. The van der Waals surface area contributed by atoms with Crippen molar-refractivity contribution in [2.24, 2.45) is 0 Å². The highest BCUT2D eigenvalue weighted by molar-refractivity contribution is 6.19. The molecule has 0 atom stereocenters. The van der Waals surface area contributed by atoms with Gasteiger partial charge in [-0.15, -0.1) is 0 Å². The van der Waals surface area contributed by atoms with Crippen LogP contribution in [0.4, 0.5) is 0 Å². The SMILES string of the molecule is c1ccc(-c2nc(-c3cc4oc5c(-c6ccc7oc8cc(-c9nc(-c%10ccc%11c(c%10)oc%10ccccc%10%11)nc(-c%10cc%11oc%12ccccc%12c%11cc%10-n%10c%11ccccc%11c%11cc%12ccccc%12cc%11%10)n9)ccc8c7c6)cccc5c4cc3-n3c4ccccc4c4cc5ccccc5cc43)nc(-n3c4ccccc4c4ccccc43)n2)cc1. The molecule has 0 saturated heterocycles. The van der Waals surface area contributed by atoms with E-state index in [1.165, 1.54) is 5.39 Å². The number of fused-ring (bicyclic) bond motifs is 23. The summed E-state index contributed by atoms with van der Waals surface area (Å²) in [6.45, 7) is 0. The van der Waals surface area contributed by atoms with Gasteiger partial charge in [-0.2, -0.15) is 9.97 Å². The smallest absolute Gasteiger partial charge is 0.238 e. The van der Waals surface area contributed by atoms with E-state index in [9.17, 15) is 0 Å². The second-order valence-corrected chi connectivity index (χ2v) is 30.4. The van der Waals surface area contributed by atoms with Crippen LogP contribution >= 0.6 is 0 Å². The largest absolute Gasteiger partial charge is 0.456 e. The molecule has 0 unspecified atom stereocenters. The maximum atomic E-state index is 7.38. The zero-order valence-electron chi connectivity index (χ0n) is 62.1. The first-order chi connectivity index (χ1) is 57.9. The molecule has 13 heteroatoms. The third-order valence-corrected chi connectivity index (χ3v) is 23.9. The predicted octanol–water partition coefficient (Wildman–Crippen LogP) is 27.3. The second-order valence-electron chi connectivity index (χ2n) is 30.4. The summed E-state index contributed by atoms with van der Waals surface area (Å²) in [5.74, 6) is 2.90. The van der Waals surface area contributed by atoms with Crippen LogP contribution in [-0.2, 0) is 0 Å². The molecule has 26 rings (SSSR count). The van der Waals surface area contributed by atoms with Crippen molar-refractivity contribution in [1.29, 1.82) is 0 Å². The molecule has 0 N–H and O–H groups in total. The summed E-state index contributed by atoms with van der Waals surface area (Å²) in [5, 5.41) is 19.1. The molecule has 26 aromatic rings. The maximum absolute atomic E-state index is 7.38. The first kappa shape index (κ1) is 63.5. The van der Waals surface area contributed by atoms with Gasteiger partial charge in [0, 0.05) is 109 Å². The van der Waals surface area contributed by atoms with Gasteiger partial charge in [-0.25, -0.2) is 19.9 Å². The lowest BCUT2D eigenvalue weighted by atomic mass is 9.99. The van der Waals surface area contributed by atoms with Crippen LogP contribution in [0.2, 0.25) is 0 Å². The Bertz CT molecular complexity index is 8760. The van der Waals surface area contributed by atoms with E-state index in [0.717, 1.165) is 203 Å². The molecule has 0 amide bonds. The van der Waals surface area contributed by atoms with Crippen LogP contribution in [0.25, 0.3) is 260 Å². The van der Waals surface area contributed by atoms with Crippen LogP contribution in [-0.4, -0.2) is 43.6 Å². The van der Waals surface area contributed by atoms with Gasteiger partial charge < -0.3 is 26.8 Å². The van der Waals surface area contributed by atoms with Crippen LogP contribution in [0.5, 0.6) is 0 Å². The van der Waals surface area contributed by atoms with Crippen LogP contribution < -0.4 is 0 Å². The zero-order valence-corrected chi connectivity index (χ0v) is 62.1. The summed E-state index contributed by atoms with van der Waals surface area (Å²) in [6, 6.07) is 121. The molecule has 0 radical (unpaired) electrons. The Balaban J connectivity index is 0.655. The normalized spacial score (nSPS) is 12.3. The van der Waals surface area contributed by atoms with E-state index in [-0.39, 0.29) is 0 Å². The van der Waals surface area contributed by atoms with Gasteiger partial charge in [-0.1, -0.05) is 224 Å². The molecule has 0 fully saturated rings. The molecular formula is C104H57N9O4. The van der Waals surface area contributed by atoms with Crippen molar-refractivity contribution >= 4 is 175 Å². The molecule has 0 bridgehead atoms. The summed E-state index contributed by atoms with van der Waals surface area (Å²) in [5.41, 5.74) is 19.5. The molecule has 117 heavy (non-hydrogen) atoms. The Kier molecular flexibility index (Phi) is 13.1. The van der Waals surface area contributed by atoms with Crippen LogP contribution in [0.3, 0.4) is 0 Å². The fourth-order valence-corrected chi connectivity index (χ4v) is 18.5. The molecule has 9 aromatic heterocycles. The fraction of sp³-hybridized carbons (Fsp3) is 0. The topological polar surface area (TPSA) is 145 Å². The summed E-state index contributed by atoms with van der Waals surface area (Å²) >= 11 is 0. The second kappa shape index (κ2) is 24.2. The number of hydrogen-bond acceptors (Lipinski definition) is 10. The van der Waals surface area contributed by atoms with Crippen molar-refractivity contribution in [3.8, 4) is 85.4 Å². The highest BCUT2D eigenvalue weighted by Gasteiger charge is 2.28. The summed E-state index contributed by atoms with van der Waals surface area (Å²) in [7, 11) is 0. The van der Waals surface area contributed by atoms with Gasteiger partial charge >= 0.3 is 0 Å². The number of furan rings is 4. The molecule has 9 heterocycles. The van der Waals surface area contributed by atoms with E-state index < -0.39 is 0 Å². The van der Waals surface area contributed by atoms with Gasteiger partial charge in [0.25, 0.3) is 0 Å². The average Bonchev–Trinajstić information content (AvgIpc) is 1.58. The standard InChI is InChI=1S/C104H57N9O4/c1-2-21-58(22-3-1)99-106-103(110-104(109-99)113-85-37-16-8-27-67(85)68-28-9-17-38-86(68)113)82-57-97-80(55-90(82)112-84-36-15-11-30-70(84)77-48-60-24-5-7-26-62(60)51-88(77)112)75-34-20-33-66(98(75)117-97)63-43-46-93-78(49-63)74-45-42-65(53-95(74)116-93)101-105-100(64-41-44-73-71-31-12-18-39-91(71)114-94(73)52-64)107-102(108-101)81-56-96-79(72-32-13-19-40-92(72)115-96)54-89(81)111-83-35-14-10-29-69(83)76-47-59-23-4-6-25-61(59)50-87(76)111/h1-57H. The lowest BCUT2D eigenvalue weighted by Gasteiger charge is -2.16. The minimum absolute atomic E-state index is 0.455. The van der Waals surface area contributed by atoms with E-state index in [0.29, 0.717) is 51.8 Å².